The van der Waals surface area contributed by atoms with Crippen LogP contribution in [0.4, 0.5) is 0 Å². The number of Topliss-reactive ketones (excluding diaryl/α,β-unsaturated/α-hetero) is 1. The number of nitrogens with zero attached hydrogens (tertiary/aromatic N) is 2. The van der Waals surface area contributed by atoms with Crippen molar-refractivity contribution in [3.8, 4) is 23.6 Å². The number of ether oxygens (including phenoxy) is 1. The summed E-state index contributed by atoms with van der Waals surface area (Å²) in [6, 6.07) is 15.3. The van der Waals surface area contributed by atoms with Gasteiger partial charge in [-0.1, -0.05) is 12.1 Å². The molecule has 0 aliphatic heterocycles. The Balaban J connectivity index is 2.31. The molecule has 0 amide bonds. The Labute approximate surface area is 116 Å². The van der Waals surface area contributed by atoms with Crippen molar-refractivity contribution < 1.29 is 9.53 Å². The number of hydrogen-bond acceptors (Lipinski definition) is 4. The molecule has 0 radical (unpaired) electrons. The van der Waals surface area contributed by atoms with Crippen LogP contribution < -0.4 is 4.74 Å². The summed E-state index contributed by atoms with van der Waals surface area (Å²) in [5.74, 6) is 0.903. The molecule has 0 N–H and O–H groups in total. The van der Waals surface area contributed by atoms with Crippen molar-refractivity contribution in [2.45, 2.75) is 6.92 Å². The van der Waals surface area contributed by atoms with E-state index in [0.29, 0.717) is 22.6 Å². The minimum Gasteiger partial charge on any atom is -0.457 e. The molecular weight excluding hydrogens is 252 g/mol. The molecule has 0 bridgehead atoms. The van der Waals surface area contributed by atoms with Crippen molar-refractivity contribution >= 4 is 5.78 Å². The number of ketones is 1. The van der Waals surface area contributed by atoms with Gasteiger partial charge in [-0.2, -0.15) is 10.5 Å². The lowest BCUT2D eigenvalue weighted by molar-refractivity contribution is 0.101. The Kier molecular flexibility index (Phi) is 3.79. The third kappa shape index (κ3) is 2.82. The van der Waals surface area contributed by atoms with Crippen molar-refractivity contribution in [2.75, 3.05) is 0 Å². The van der Waals surface area contributed by atoms with Gasteiger partial charge < -0.3 is 4.74 Å². The van der Waals surface area contributed by atoms with E-state index < -0.39 is 0 Å². The van der Waals surface area contributed by atoms with Crippen LogP contribution in [0, 0.1) is 22.7 Å². The second-order valence-corrected chi connectivity index (χ2v) is 4.12. The van der Waals surface area contributed by atoms with E-state index in [-0.39, 0.29) is 11.3 Å². The second-order valence-electron chi connectivity index (χ2n) is 4.12. The van der Waals surface area contributed by atoms with Crippen LogP contribution in [0.5, 0.6) is 11.5 Å². The summed E-state index contributed by atoms with van der Waals surface area (Å²) in [5.41, 5.74) is 1.11. The molecule has 0 aliphatic carbocycles. The van der Waals surface area contributed by atoms with Crippen molar-refractivity contribution in [1.29, 1.82) is 10.5 Å². The van der Waals surface area contributed by atoms with E-state index >= 15 is 0 Å². The number of carbonyl (C=O) groups is 1. The lowest BCUT2D eigenvalue weighted by Crippen LogP contribution is -1.93. The third-order valence-corrected chi connectivity index (χ3v) is 2.71. The highest BCUT2D eigenvalue weighted by molar-refractivity contribution is 5.94. The minimum absolute atomic E-state index is 0.0482. The fourth-order valence-corrected chi connectivity index (χ4v) is 1.69. The molecule has 0 heterocycles. The first kappa shape index (κ1) is 13.3. The molecule has 2 rings (SSSR count). The summed E-state index contributed by atoms with van der Waals surface area (Å²) >= 11 is 0. The van der Waals surface area contributed by atoms with Gasteiger partial charge in [0.2, 0.25) is 0 Å². The molecule has 0 spiro atoms. The Morgan fingerprint density at radius 3 is 2.35 bits per heavy atom. The molecule has 4 nitrogen and oxygen atoms in total. The molecule has 0 fully saturated rings. The Morgan fingerprint density at radius 1 is 1.00 bits per heavy atom. The van der Waals surface area contributed by atoms with Crippen LogP contribution in [0.25, 0.3) is 0 Å². The summed E-state index contributed by atoms with van der Waals surface area (Å²) in [4.78, 5) is 11.3. The quantitative estimate of drug-likeness (QED) is 0.794. The van der Waals surface area contributed by atoms with Gasteiger partial charge in [-0.05, 0) is 37.3 Å². The molecule has 0 saturated carbocycles. The normalized spacial score (nSPS) is 9.35. The first-order valence-corrected chi connectivity index (χ1v) is 5.87. The smallest absolute Gasteiger partial charge is 0.159 e. The van der Waals surface area contributed by atoms with Gasteiger partial charge in [-0.25, -0.2) is 0 Å². The molecule has 96 valence electrons. The zero-order valence-corrected chi connectivity index (χ0v) is 10.8. The lowest BCUT2D eigenvalue weighted by atomic mass is 10.1. The highest BCUT2D eigenvalue weighted by Crippen LogP contribution is 2.24. The number of nitriles is 2. The standard InChI is InChI=1S/C16H10N2O2/c1-11(19)12-3-2-4-15(7-12)20-16-6-5-13(9-17)14(8-16)10-18/h2-8H,1H3. The van der Waals surface area contributed by atoms with Gasteiger partial charge in [0.15, 0.2) is 5.78 Å². The van der Waals surface area contributed by atoms with Gasteiger partial charge in [-0.15, -0.1) is 0 Å². The molecule has 0 atom stereocenters. The van der Waals surface area contributed by atoms with Crippen LogP contribution in [0.1, 0.15) is 28.4 Å². The molecule has 4 heteroatoms. The van der Waals surface area contributed by atoms with Gasteiger partial charge in [0, 0.05) is 5.56 Å². The predicted octanol–water partition coefficient (Wildman–Crippen LogP) is 3.42. The van der Waals surface area contributed by atoms with Crippen LogP contribution in [-0.4, -0.2) is 5.78 Å². The maximum Gasteiger partial charge on any atom is 0.159 e. The summed E-state index contributed by atoms with van der Waals surface area (Å²) in [6.45, 7) is 1.48. The van der Waals surface area contributed by atoms with E-state index in [4.69, 9.17) is 15.3 Å². The van der Waals surface area contributed by atoms with Crippen molar-refractivity contribution in [2.24, 2.45) is 0 Å². The monoisotopic (exact) mass is 262 g/mol. The van der Waals surface area contributed by atoms with E-state index in [9.17, 15) is 4.79 Å². The van der Waals surface area contributed by atoms with Crippen LogP contribution in [0.3, 0.4) is 0 Å². The molecule has 0 saturated heterocycles. The number of carbonyl (C=O) groups excluding carboxylic acids is 1. The number of hydrogen-bond donors (Lipinski definition) is 0. The van der Waals surface area contributed by atoms with E-state index in [1.807, 2.05) is 12.1 Å². The van der Waals surface area contributed by atoms with Crippen molar-refractivity contribution in [3.05, 3.63) is 59.2 Å². The molecule has 0 unspecified atom stereocenters. The summed E-state index contributed by atoms with van der Waals surface area (Å²) in [5, 5.41) is 17.8. The summed E-state index contributed by atoms with van der Waals surface area (Å²) in [6.07, 6.45) is 0. The minimum atomic E-state index is -0.0482. The largest absolute Gasteiger partial charge is 0.457 e. The van der Waals surface area contributed by atoms with Crippen LogP contribution >= 0.6 is 0 Å². The Morgan fingerprint density at radius 2 is 1.70 bits per heavy atom. The second kappa shape index (κ2) is 5.69. The number of rotatable bonds is 3. The SMILES string of the molecule is CC(=O)c1cccc(Oc2ccc(C#N)c(C#N)c2)c1. The molecule has 0 aliphatic rings. The average molecular weight is 262 g/mol. The molecule has 0 aromatic heterocycles. The molecule has 20 heavy (non-hydrogen) atoms. The first-order valence-electron chi connectivity index (χ1n) is 5.87. The van der Waals surface area contributed by atoms with E-state index in [1.165, 1.54) is 19.1 Å². The van der Waals surface area contributed by atoms with E-state index in [0.717, 1.165) is 0 Å². The summed E-state index contributed by atoms with van der Waals surface area (Å²) in [7, 11) is 0. The van der Waals surface area contributed by atoms with Crippen molar-refractivity contribution in [3.63, 3.8) is 0 Å². The van der Waals surface area contributed by atoms with Gasteiger partial charge in [0.1, 0.15) is 23.6 Å². The molecule has 2 aromatic carbocycles. The van der Waals surface area contributed by atoms with Gasteiger partial charge in [0.25, 0.3) is 0 Å². The van der Waals surface area contributed by atoms with E-state index in [1.54, 1.807) is 30.3 Å². The highest BCUT2D eigenvalue weighted by Gasteiger charge is 2.06. The first-order chi connectivity index (χ1) is 9.63. The Hall–Kier alpha value is -3.11. The topological polar surface area (TPSA) is 73.9 Å². The average Bonchev–Trinajstić information content (AvgIpc) is 2.47. The Bertz CT molecular complexity index is 752. The van der Waals surface area contributed by atoms with Gasteiger partial charge >= 0.3 is 0 Å². The van der Waals surface area contributed by atoms with Crippen molar-refractivity contribution in [1.82, 2.24) is 0 Å². The maximum atomic E-state index is 11.3. The van der Waals surface area contributed by atoms with Gasteiger partial charge in [0.05, 0.1) is 11.1 Å². The predicted molar refractivity (Wildman–Crippen MR) is 72.4 cm³/mol. The summed E-state index contributed by atoms with van der Waals surface area (Å²) < 4.78 is 5.60. The van der Waals surface area contributed by atoms with Crippen LogP contribution in [-0.2, 0) is 0 Å². The maximum absolute atomic E-state index is 11.3. The molecular formula is C16H10N2O2. The zero-order valence-electron chi connectivity index (χ0n) is 10.8. The number of benzene rings is 2. The molecule has 2 aromatic rings. The fourth-order valence-electron chi connectivity index (χ4n) is 1.69. The van der Waals surface area contributed by atoms with Crippen LogP contribution in [0.15, 0.2) is 42.5 Å². The highest BCUT2D eigenvalue weighted by atomic mass is 16.5. The fraction of sp³-hybridized carbons (Fsp3) is 0.0625. The third-order valence-electron chi connectivity index (χ3n) is 2.71. The van der Waals surface area contributed by atoms with Gasteiger partial charge in [-0.3, -0.25) is 4.79 Å². The zero-order chi connectivity index (χ0) is 14.5. The lowest BCUT2D eigenvalue weighted by Gasteiger charge is -2.07. The van der Waals surface area contributed by atoms with Crippen LogP contribution in [0.2, 0.25) is 0 Å². The van der Waals surface area contributed by atoms with E-state index in [2.05, 4.69) is 0 Å².